The van der Waals surface area contributed by atoms with Gasteiger partial charge >= 0.3 is 5.97 Å². The van der Waals surface area contributed by atoms with Crippen molar-refractivity contribution >= 4 is 17.0 Å². The maximum absolute atomic E-state index is 11.6. The minimum atomic E-state index is -0.694. The van der Waals surface area contributed by atoms with Crippen LogP contribution in [0.1, 0.15) is 18.4 Å². The zero-order chi connectivity index (χ0) is 13.1. The van der Waals surface area contributed by atoms with Crippen molar-refractivity contribution in [3.05, 3.63) is 30.1 Å². The van der Waals surface area contributed by atoms with Crippen LogP contribution in [0.4, 0.5) is 0 Å². The lowest BCUT2D eigenvalue weighted by Crippen LogP contribution is -2.56. The predicted molar refractivity (Wildman–Crippen MR) is 67.9 cm³/mol. The second kappa shape index (κ2) is 3.36. The third-order valence-electron chi connectivity index (χ3n) is 4.75. The molecule has 2 aromatic rings. The number of imidazole rings is 1. The van der Waals surface area contributed by atoms with Crippen LogP contribution in [0.5, 0.6) is 0 Å². The maximum atomic E-state index is 11.6. The molecule has 98 valence electrons. The van der Waals surface area contributed by atoms with Gasteiger partial charge in [0.25, 0.3) is 0 Å². The van der Waals surface area contributed by atoms with Crippen LogP contribution in [0, 0.1) is 5.41 Å². The summed E-state index contributed by atoms with van der Waals surface area (Å²) in [6.45, 7) is 0.998. The number of aromatic nitrogens is 2. The number of nitrogens with one attached hydrogen (secondary N) is 1. The molecule has 0 amide bonds. The third-order valence-corrected chi connectivity index (χ3v) is 4.75. The number of hydrogen-bond donors (Lipinski definition) is 2. The number of nitrogens with zero attached hydrogens (tertiary/aromatic N) is 1. The molecule has 1 aromatic heterocycles. The van der Waals surface area contributed by atoms with Crippen LogP contribution >= 0.6 is 0 Å². The average Bonchev–Trinajstić information content (AvgIpc) is 3.01. The Bertz CT molecular complexity index is 668. The Hall–Kier alpha value is -1.88. The monoisotopic (exact) mass is 258 g/mol. The van der Waals surface area contributed by atoms with E-state index in [-0.39, 0.29) is 5.41 Å². The molecule has 5 nitrogen and oxygen atoms in total. The molecule has 2 N–H and O–H groups in total. The van der Waals surface area contributed by atoms with E-state index in [0.717, 1.165) is 29.4 Å². The van der Waals surface area contributed by atoms with Gasteiger partial charge in [0.1, 0.15) is 0 Å². The zero-order valence-corrected chi connectivity index (χ0v) is 10.3. The van der Waals surface area contributed by atoms with Crippen LogP contribution in [-0.4, -0.2) is 34.3 Å². The molecule has 0 radical (unpaired) electrons. The van der Waals surface area contributed by atoms with Crippen molar-refractivity contribution in [3.63, 3.8) is 0 Å². The van der Waals surface area contributed by atoms with E-state index in [1.165, 1.54) is 0 Å². The molecule has 1 saturated heterocycles. The summed E-state index contributed by atoms with van der Waals surface area (Å²) in [6.07, 6.45) is 3.14. The van der Waals surface area contributed by atoms with Crippen molar-refractivity contribution in [2.45, 2.75) is 18.3 Å². The Morgan fingerprint density at radius 1 is 1.37 bits per heavy atom. The fourth-order valence-electron chi connectivity index (χ4n) is 3.28. The number of hydrogen-bond acceptors (Lipinski definition) is 3. The van der Waals surface area contributed by atoms with E-state index in [1.54, 1.807) is 6.33 Å². The van der Waals surface area contributed by atoms with Crippen molar-refractivity contribution in [3.8, 4) is 0 Å². The van der Waals surface area contributed by atoms with Crippen molar-refractivity contribution in [2.24, 2.45) is 5.41 Å². The van der Waals surface area contributed by atoms with E-state index in [1.807, 2.05) is 18.2 Å². The van der Waals surface area contributed by atoms with Crippen molar-refractivity contribution < 1.29 is 14.6 Å². The molecule has 5 heteroatoms. The highest BCUT2D eigenvalue weighted by Crippen LogP contribution is 2.62. The number of fused-ring (bicyclic) bond motifs is 1. The van der Waals surface area contributed by atoms with Crippen LogP contribution in [0.15, 0.2) is 24.5 Å². The molecule has 1 aromatic carbocycles. The fraction of sp³-hybridized carbons (Fsp3) is 0.429. The van der Waals surface area contributed by atoms with Crippen molar-refractivity contribution in [2.75, 3.05) is 13.2 Å². The molecular weight excluding hydrogens is 244 g/mol. The number of carbonyl (C=O) groups is 1. The van der Waals surface area contributed by atoms with Gasteiger partial charge in [-0.1, -0.05) is 6.07 Å². The number of aromatic amines is 1. The van der Waals surface area contributed by atoms with Gasteiger partial charge < -0.3 is 14.8 Å². The molecule has 1 aliphatic carbocycles. The molecule has 0 atom stereocenters. The number of H-pyrrole nitrogens is 1. The highest BCUT2D eigenvalue weighted by atomic mass is 16.5. The lowest BCUT2D eigenvalue weighted by Gasteiger charge is -2.46. The maximum Gasteiger partial charge on any atom is 0.310 e. The van der Waals surface area contributed by atoms with Crippen LogP contribution in [0.2, 0.25) is 0 Å². The third kappa shape index (κ3) is 1.23. The lowest BCUT2D eigenvalue weighted by atomic mass is 9.66. The Morgan fingerprint density at radius 3 is 2.74 bits per heavy atom. The number of ether oxygens (including phenoxy) is 1. The van der Waals surface area contributed by atoms with E-state index in [9.17, 15) is 9.90 Å². The van der Waals surface area contributed by atoms with E-state index >= 15 is 0 Å². The molecule has 1 saturated carbocycles. The Kier molecular flexibility index (Phi) is 1.94. The summed E-state index contributed by atoms with van der Waals surface area (Å²) in [6, 6.07) is 5.96. The minimum absolute atomic E-state index is 0.363. The molecule has 19 heavy (non-hydrogen) atoms. The fourth-order valence-corrected chi connectivity index (χ4v) is 3.28. The number of benzene rings is 1. The quantitative estimate of drug-likeness (QED) is 0.878. The summed E-state index contributed by atoms with van der Waals surface area (Å²) in [4.78, 5) is 18.9. The largest absolute Gasteiger partial charge is 0.481 e. The molecular formula is C14H14N2O3. The minimum Gasteiger partial charge on any atom is -0.481 e. The molecule has 2 fully saturated rings. The Morgan fingerprint density at radius 2 is 2.16 bits per heavy atom. The number of aliphatic carboxylic acids is 1. The van der Waals surface area contributed by atoms with Crippen LogP contribution in [0.25, 0.3) is 11.0 Å². The number of carboxylic acid groups (broad SMARTS) is 1. The Balaban J connectivity index is 1.86. The summed E-state index contributed by atoms with van der Waals surface area (Å²) < 4.78 is 5.37. The second-order valence-corrected chi connectivity index (χ2v) is 5.60. The first-order valence-corrected chi connectivity index (χ1v) is 6.43. The van der Waals surface area contributed by atoms with Gasteiger partial charge in [-0.3, -0.25) is 4.79 Å². The molecule has 0 spiro atoms. The Labute approximate surface area is 109 Å². The molecule has 0 unspecified atom stereocenters. The van der Waals surface area contributed by atoms with Gasteiger partial charge in [-0.25, -0.2) is 4.98 Å². The van der Waals surface area contributed by atoms with E-state index < -0.39 is 11.4 Å². The van der Waals surface area contributed by atoms with Crippen molar-refractivity contribution in [1.29, 1.82) is 0 Å². The number of carboxylic acids is 1. The van der Waals surface area contributed by atoms with E-state index in [0.29, 0.717) is 13.2 Å². The first-order chi connectivity index (χ1) is 9.18. The van der Waals surface area contributed by atoms with Gasteiger partial charge in [0.2, 0.25) is 0 Å². The molecule has 1 aliphatic heterocycles. The lowest BCUT2D eigenvalue weighted by molar-refractivity contribution is -0.161. The molecule has 4 rings (SSSR count). The average molecular weight is 258 g/mol. The first kappa shape index (κ1) is 11.0. The van der Waals surface area contributed by atoms with E-state index in [2.05, 4.69) is 9.97 Å². The van der Waals surface area contributed by atoms with E-state index in [4.69, 9.17) is 4.74 Å². The van der Waals surface area contributed by atoms with Gasteiger partial charge in [-0.2, -0.15) is 0 Å². The molecule has 2 heterocycles. The first-order valence-electron chi connectivity index (χ1n) is 6.43. The SMILES string of the molecule is O=C(O)C1(C2(c3ccc4nc[nH]c4c3)COC2)CC1. The van der Waals surface area contributed by atoms with Crippen LogP contribution in [0.3, 0.4) is 0 Å². The summed E-state index contributed by atoms with van der Waals surface area (Å²) in [5.74, 6) is -0.694. The van der Waals surface area contributed by atoms with Gasteiger partial charge in [0.15, 0.2) is 0 Å². The normalized spacial score (nSPS) is 22.9. The summed E-state index contributed by atoms with van der Waals surface area (Å²) in [7, 11) is 0. The highest BCUT2D eigenvalue weighted by molar-refractivity contribution is 5.82. The zero-order valence-electron chi connectivity index (χ0n) is 10.3. The summed E-state index contributed by atoms with van der Waals surface area (Å²) in [5, 5.41) is 9.56. The van der Waals surface area contributed by atoms with Crippen LogP contribution in [-0.2, 0) is 14.9 Å². The predicted octanol–water partition coefficient (Wildman–Crippen LogP) is 1.70. The number of rotatable bonds is 3. The van der Waals surface area contributed by atoms with Gasteiger partial charge in [-0.05, 0) is 30.5 Å². The van der Waals surface area contributed by atoms with Gasteiger partial charge in [0.05, 0.1) is 41.4 Å². The highest BCUT2D eigenvalue weighted by Gasteiger charge is 2.68. The summed E-state index contributed by atoms with van der Waals surface area (Å²) >= 11 is 0. The molecule has 2 aliphatic rings. The van der Waals surface area contributed by atoms with Crippen LogP contribution < -0.4 is 0 Å². The topological polar surface area (TPSA) is 75.2 Å². The standard InChI is InChI=1S/C14H14N2O3/c17-12(18)13(3-4-13)14(6-19-7-14)9-1-2-10-11(5-9)16-8-15-10/h1-2,5,8H,3-4,6-7H2,(H,15,16)(H,17,18). The molecule has 0 bridgehead atoms. The van der Waals surface area contributed by atoms with Gasteiger partial charge in [-0.15, -0.1) is 0 Å². The van der Waals surface area contributed by atoms with Crippen molar-refractivity contribution in [1.82, 2.24) is 9.97 Å². The summed E-state index contributed by atoms with van der Waals surface area (Å²) in [5.41, 5.74) is 1.91. The smallest absolute Gasteiger partial charge is 0.310 e. The van der Waals surface area contributed by atoms with Gasteiger partial charge in [0, 0.05) is 0 Å². The second-order valence-electron chi connectivity index (χ2n) is 5.60.